The second-order valence-electron chi connectivity index (χ2n) is 3.59. The summed E-state index contributed by atoms with van der Waals surface area (Å²) in [5, 5.41) is 3.50. The van der Waals surface area contributed by atoms with Crippen molar-refractivity contribution >= 4 is 37.6 Å². The van der Waals surface area contributed by atoms with Gasteiger partial charge in [-0.3, -0.25) is 9.78 Å². The highest BCUT2D eigenvalue weighted by Crippen LogP contribution is 2.27. The Hall–Kier alpha value is -1.29. The van der Waals surface area contributed by atoms with Crippen molar-refractivity contribution in [3.63, 3.8) is 0 Å². The molecule has 5 nitrogen and oxygen atoms in total. The number of rotatable bonds is 3. The molecule has 0 atom stereocenters. The molecule has 2 heterocycles. The van der Waals surface area contributed by atoms with Crippen molar-refractivity contribution in [1.29, 1.82) is 0 Å². The molecule has 106 valence electrons. The monoisotopic (exact) mass is 413 g/mol. The standard InChI is InChI=1S/C10H4Br2F3N3O2/c11-4-1-5(12)8(16-3-4)9-17-7(20-18-9)2-6(19)10(13,14)15/h1,3H,2H2. The largest absolute Gasteiger partial charge is 0.450 e. The lowest BCUT2D eigenvalue weighted by Gasteiger charge is -2.01. The molecule has 0 spiro atoms. The normalized spacial score (nSPS) is 11.7. The van der Waals surface area contributed by atoms with E-state index in [4.69, 9.17) is 0 Å². The van der Waals surface area contributed by atoms with Crippen molar-refractivity contribution in [3.8, 4) is 11.5 Å². The summed E-state index contributed by atoms with van der Waals surface area (Å²) in [7, 11) is 0. The Kier molecular flexibility index (Phi) is 4.23. The molecule has 0 bridgehead atoms. The molecule has 2 rings (SSSR count). The van der Waals surface area contributed by atoms with Gasteiger partial charge < -0.3 is 4.52 Å². The van der Waals surface area contributed by atoms with Crippen molar-refractivity contribution < 1.29 is 22.5 Å². The lowest BCUT2D eigenvalue weighted by Crippen LogP contribution is -2.24. The minimum absolute atomic E-state index is 0.00523. The lowest BCUT2D eigenvalue weighted by molar-refractivity contribution is -0.170. The highest BCUT2D eigenvalue weighted by molar-refractivity contribution is 9.11. The number of carbonyl (C=O) groups excluding carboxylic acids is 1. The van der Waals surface area contributed by atoms with Gasteiger partial charge in [-0.25, -0.2) is 0 Å². The van der Waals surface area contributed by atoms with E-state index >= 15 is 0 Å². The van der Waals surface area contributed by atoms with Crippen LogP contribution in [0, 0.1) is 0 Å². The van der Waals surface area contributed by atoms with Gasteiger partial charge in [-0.2, -0.15) is 18.2 Å². The Morgan fingerprint density at radius 1 is 1.35 bits per heavy atom. The van der Waals surface area contributed by atoms with Gasteiger partial charge in [0.15, 0.2) is 0 Å². The molecule has 20 heavy (non-hydrogen) atoms. The topological polar surface area (TPSA) is 68.9 Å². The van der Waals surface area contributed by atoms with Gasteiger partial charge in [0.25, 0.3) is 0 Å². The summed E-state index contributed by atoms with van der Waals surface area (Å²) in [4.78, 5) is 18.5. The maximum absolute atomic E-state index is 12.1. The molecule has 0 aromatic carbocycles. The summed E-state index contributed by atoms with van der Waals surface area (Å²) >= 11 is 6.42. The highest BCUT2D eigenvalue weighted by atomic mass is 79.9. The number of pyridine rings is 1. The van der Waals surface area contributed by atoms with Crippen molar-refractivity contribution in [2.24, 2.45) is 0 Å². The van der Waals surface area contributed by atoms with Crippen LogP contribution in [-0.4, -0.2) is 27.1 Å². The number of nitrogens with zero attached hydrogens (tertiary/aromatic N) is 3. The third kappa shape index (κ3) is 3.42. The molecule has 0 fully saturated rings. The minimum atomic E-state index is -4.93. The van der Waals surface area contributed by atoms with E-state index in [0.29, 0.717) is 14.6 Å². The van der Waals surface area contributed by atoms with Gasteiger partial charge >= 0.3 is 6.18 Å². The van der Waals surface area contributed by atoms with Crippen LogP contribution in [0.4, 0.5) is 13.2 Å². The number of alkyl halides is 3. The van der Waals surface area contributed by atoms with Crippen molar-refractivity contribution in [3.05, 3.63) is 27.1 Å². The number of hydrogen-bond donors (Lipinski definition) is 0. The summed E-state index contributed by atoms with van der Waals surface area (Å²) in [6, 6.07) is 1.67. The van der Waals surface area contributed by atoms with Crippen LogP contribution in [0.2, 0.25) is 0 Å². The second kappa shape index (κ2) is 5.60. The number of aromatic nitrogens is 3. The molecule has 0 aliphatic carbocycles. The van der Waals surface area contributed by atoms with Crippen molar-refractivity contribution in [2.45, 2.75) is 12.6 Å². The molecule has 10 heteroatoms. The van der Waals surface area contributed by atoms with Crippen LogP contribution in [0.15, 0.2) is 25.7 Å². The molecule has 0 aliphatic rings. The third-order valence-electron chi connectivity index (χ3n) is 2.12. The van der Waals surface area contributed by atoms with E-state index in [1.165, 1.54) is 6.20 Å². The van der Waals surface area contributed by atoms with Gasteiger partial charge in [-0.05, 0) is 37.9 Å². The fourth-order valence-corrected chi connectivity index (χ4v) is 2.40. The van der Waals surface area contributed by atoms with Crippen LogP contribution < -0.4 is 0 Å². The van der Waals surface area contributed by atoms with E-state index in [9.17, 15) is 18.0 Å². The fourth-order valence-electron chi connectivity index (χ4n) is 1.24. The van der Waals surface area contributed by atoms with Gasteiger partial charge in [-0.1, -0.05) is 5.16 Å². The molecule has 0 amide bonds. The number of Topliss-reactive ketones (excluding diaryl/α,β-unsaturated/α-hetero) is 1. The molecule has 2 aromatic rings. The molecule has 0 saturated carbocycles. The Balaban J connectivity index is 2.23. The first-order valence-corrected chi connectivity index (χ1v) is 6.60. The Morgan fingerprint density at radius 3 is 2.65 bits per heavy atom. The van der Waals surface area contributed by atoms with Crippen LogP contribution in [0.25, 0.3) is 11.5 Å². The summed E-state index contributed by atoms with van der Waals surface area (Å²) < 4.78 is 42.2. The van der Waals surface area contributed by atoms with E-state index in [1.54, 1.807) is 6.07 Å². The van der Waals surface area contributed by atoms with Gasteiger partial charge in [0.2, 0.25) is 17.5 Å². The maximum atomic E-state index is 12.1. The predicted octanol–water partition coefficient (Wildman–Crippen LogP) is 3.33. The zero-order valence-corrected chi connectivity index (χ0v) is 12.6. The molecule has 0 radical (unpaired) electrons. The first-order valence-electron chi connectivity index (χ1n) is 5.01. The van der Waals surface area contributed by atoms with E-state index in [-0.39, 0.29) is 5.82 Å². The van der Waals surface area contributed by atoms with E-state index in [2.05, 4.69) is 51.5 Å². The Bertz CT molecular complexity index is 657. The molecule has 0 aliphatic heterocycles. The number of ketones is 1. The van der Waals surface area contributed by atoms with Crippen LogP contribution in [0.3, 0.4) is 0 Å². The van der Waals surface area contributed by atoms with Crippen LogP contribution in [0.5, 0.6) is 0 Å². The molecular formula is C10H4Br2F3N3O2. The summed E-state index contributed by atoms with van der Waals surface area (Å²) in [5.41, 5.74) is 0.294. The zero-order valence-electron chi connectivity index (χ0n) is 9.41. The van der Waals surface area contributed by atoms with Gasteiger partial charge in [-0.15, -0.1) is 0 Å². The average molecular weight is 415 g/mol. The first-order chi connectivity index (χ1) is 9.27. The number of carbonyl (C=O) groups is 1. The number of hydrogen-bond acceptors (Lipinski definition) is 5. The molecule has 0 saturated heterocycles. The number of halogens is 5. The van der Waals surface area contributed by atoms with Crippen LogP contribution >= 0.6 is 31.9 Å². The van der Waals surface area contributed by atoms with Crippen LogP contribution in [-0.2, 0) is 11.2 Å². The molecule has 2 aromatic heterocycles. The molecule has 0 unspecified atom stereocenters. The summed E-state index contributed by atoms with van der Waals surface area (Å²) in [6.45, 7) is 0. The third-order valence-corrected chi connectivity index (χ3v) is 3.15. The maximum Gasteiger partial charge on any atom is 0.450 e. The van der Waals surface area contributed by atoms with Gasteiger partial charge in [0.05, 0.1) is 6.42 Å². The van der Waals surface area contributed by atoms with Gasteiger partial charge in [0, 0.05) is 15.1 Å². The van der Waals surface area contributed by atoms with Crippen molar-refractivity contribution in [2.75, 3.05) is 0 Å². The smallest absolute Gasteiger partial charge is 0.338 e. The van der Waals surface area contributed by atoms with Crippen LogP contribution in [0.1, 0.15) is 5.89 Å². The quantitative estimate of drug-likeness (QED) is 0.770. The van der Waals surface area contributed by atoms with E-state index < -0.39 is 24.3 Å². The Labute approximate surface area is 126 Å². The van der Waals surface area contributed by atoms with E-state index in [0.717, 1.165) is 0 Å². The van der Waals surface area contributed by atoms with E-state index in [1.807, 2.05) is 0 Å². The summed E-state index contributed by atoms with van der Waals surface area (Å²) in [5.74, 6) is -2.37. The SMILES string of the molecule is O=C(Cc1nc(-c2ncc(Br)cc2Br)no1)C(F)(F)F. The zero-order chi connectivity index (χ0) is 14.9. The summed E-state index contributed by atoms with van der Waals surface area (Å²) in [6.07, 6.45) is -4.45. The fraction of sp³-hybridized carbons (Fsp3) is 0.200. The Morgan fingerprint density at radius 2 is 2.05 bits per heavy atom. The lowest BCUT2D eigenvalue weighted by atomic mass is 10.3. The average Bonchev–Trinajstić information content (AvgIpc) is 2.76. The second-order valence-corrected chi connectivity index (χ2v) is 5.36. The molecular weight excluding hydrogens is 411 g/mol. The minimum Gasteiger partial charge on any atom is -0.338 e. The van der Waals surface area contributed by atoms with Gasteiger partial charge in [0.1, 0.15) is 5.69 Å². The van der Waals surface area contributed by atoms with Crippen molar-refractivity contribution in [1.82, 2.24) is 15.1 Å². The highest BCUT2D eigenvalue weighted by Gasteiger charge is 2.39. The first kappa shape index (κ1) is 15.1. The predicted molar refractivity (Wildman–Crippen MR) is 67.7 cm³/mol. The molecule has 0 N–H and O–H groups in total.